The standard InChI is InChI=1S/C16H18N4O/c1-3-13-14(11-17)16(20-19-15(13)4-2)21-10-8-12-7-5-6-9-18-12/h5-7,9H,3-4,8,10H2,1-2H3. The molecule has 0 atom stereocenters. The number of pyridine rings is 1. The molecule has 2 heterocycles. The first-order valence-corrected chi connectivity index (χ1v) is 7.11. The zero-order chi connectivity index (χ0) is 15.1. The van der Waals surface area contributed by atoms with E-state index in [0.717, 1.165) is 29.8 Å². The van der Waals surface area contributed by atoms with Crippen molar-refractivity contribution in [2.24, 2.45) is 0 Å². The summed E-state index contributed by atoms with van der Waals surface area (Å²) in [6.07, 6.45) is 3.93. The molecular weight excluding hydrogens is 264 g/mol. The molecule has 0 fully saturated rings. The van der Waals surface area contributed by atoms with E-state index in [9.17, 15) is 5.26 Å². The molecule has 0 amide bonds. The fourth-order valence-corrected chi connectivity index (χ4v) is 2.17. The quantitative estimate of drug-likeness (QED) is 0.814. The number of aryl methyl sites for hydroxylation is 1. The second-order valence-corrected chi connectivity index (χ2v) is 4.54. The molecular formula is C16H18N4O. The number of hydrogen-bond donors (Lipinski definition) is 0. The van der Waals surface area contributed by atoms with Crippen molar-refractivity contribution < 1.29 is 4.74 Å². The second kappa shape index (κ2) is 7.34. The van der Waals surface area contributed by atoms with E-state index in [1.807, 2.05) is 32.0 Å². The zero-order valence-corrected chi connectivity index (χ0v) is 12.3. The van der Waals surface area contributed by atoms with Crippen LogP contribution >= 0.6 is 0 Å². The van der Waals surface area contributed by atoms with Crippen molar-refractivity contribution in [3.05, 3.63) is 46.9 Å². The van der Waals surface area contributed by atoms with Gasteiger partial charge in [-0.05, 0) is 30.5 Å². The van der Waals surface area contributed by atoms with Crippen molar-refractivity contribution in [1.82, 2.24) is 15.2 Å². The molecule has 0 aliphatic heterocycles. The molecule has 0 bridgehead atoms. The van der Waals surface area contributed by atoms with Gasteiger partial charge in [0.05, 0.1) is 12.3 Å². The van der Waals surface area contributed by atoms with Crippen LogP contribution in [0, 0.1) is 11.3 Å². The van der Waals surface area contributed by atoms with Gasteiger partial charge in [-0.1, -0.05) is 19.9 Å². The zero-order valence-electron chi connectivity index (χ0n) is 12.3. The molecule has 2 aromatic heterocycles. The first kappa shape index (κ1) is 14.9. The summed E-state index contributed by atoms with van der Waals surface area (Å²) in [6, 6.07) is 7.95. The average Bonchev–Trinajstić information content (AvgIpc) is 2.55. The fourth-order valence-electron chi connectivity index (χ4n) is 2.17. The van der Waals surface area contributed by atoms with E-state index in [-0.39, 0.29) is 0 Å². The fraction of sp³-hybridized carbons (Fsp3) is 0.375. The van der Waals surface area contributed by atoms with Crippen LogP contribution in [0.3, 0.4) is 0 Å². The molecule has 2 rings (SSSR count). The Morgan fingerprint density at radius 2 is 2.05 bits per heavy atom. The van der Waals surface area contributed by atoms with E-state index in [2.05, 4.69) is 21.3 Å². The minimum Gasteiger partial charge on any atom is -0.475 e. The lowest BCUT2D eigenvalue weighted by atomic mass is 10.0. The van der Waals surface area contributed by atoms with Gasteiger partial charge in [0.15, 0.2) is 0 Å². The molecule has 5 nitrogen and oxygen atoms in total. The number of hydrogen-bond acceptors (Lipinski definition) is 5. The van der Waals surface area contributed by atoms with Gasteiger partial charge in [0.2, 0.25) is 0 Å². The monoisotopic (exact) mass is 282 g/mol. The number of nitrogens with zero attached hydrogens (tertiary/aromatic N) is 4. The van der Waals surface area contributed by atoms with Crippen molar-refractivity contribution in [2.75, 3.05) is 6.61 Å². The van der Waals surface area contributed by atoms with Gasteiger partial charge >= 0.3 is 0 Å². The van der Waals surface area contributed by atoms with E-state index in [1.165, 1.54) is 0 Å². The summed E-state index contributed by atoms with van der Waals surface area (Å²) in [5, 5.41) is 17.6. The molecule has 2 aromatic rings. The van der Waals surface area contributed by atoms with Crippen LogP contribution in [0.5, 0.6) is 5.88 Å². The van der Waals surface area contributed by atoms with Crippen LogP contribution in [0.25, 0.3) is 0 Å². The summed E-state index contributed by atoms with van der Waals surface area (Å²) in [6.45, 7) is 4.44. The lowest BCUT2D eigenvalue weighted by Crippen LogP contribution is -2.09. The summed E-state index contributed by atoms with van der Waals surface area (Å²) in [5.74, 6) is 0.322. The maximum Gasteiger partial charge on any atom is 0.251 e. The third-order valence-corrected chi connectivity index (χ3v) is 3.25. The maximum atomic E-state index is 9.36. The van der Waals surface area contributed by atoms with Gasteiger partial charge in [-0.25, -0.2) is 0 Å². The van der Waals surface area contributed by atoms with Crippen molar-refractivity contribution in [3.8, 4) is 11.9 Å². The van der Waals surface area contributed by atoms with Crippen LogP contribution in [0.1, 0.15) is 36.4 Å². The van der Waals surface area contributed by atoms with Crippen LogP contribution in [-0.2, 0) is 19.3 Å². The summed E-state index contributed by atoms with van der Waals surface area (Å²) in [7, 11) is 0. The van der Waals surface area contributed by atoms with Crippen LogP contribution < -0.4 is 4.74 Å². The van der Waals surface area contributed by atoms with Crippen molar-refractivity contribution in [3.63, 3.8) is 0 Å². The SMILES string of the molecule is CCc1nnc(OCCc2ccccn2)c(C#N)c1CC. The Hall–Kier alpha value is -2.48. The van der Waals surface area contributed by atoms with E-state index in [1.54, 1.807) is 6.20 Å². The highest BCUT2D eigenvalue weighted by Crippen LogP contribution is 2.21. The Balaban J connectivity index is 2.12. The van der Waals surface area contributed by atoms with Crippen molar-refractivity contribution >= 4 is 0 Å². The van der Waals surface area contributed by atoms with Crippen LogP contribution in [0.2, 0.25) is 0 Å². The molecule has 108 valence electrons. The topological polar surface area (TPSA) is 71.7 Å². The first-order chi connectivity index (χ1) is 10.3. The van der Waals surface area contributed by atoms with Crippen molar-refractivity contribution in [2.45, 2.75) is 33.1 Å². The van der Waals surface area contributed by atoms with E-state index >= 15 is 0 Å². The third-order valence-electron chi connectivity index (χ3n) is 3.25. The Morgan fingerprint density at radius 1 is 1.19 bits per heavy atom. The molecule has 0 aromatic carbocycles. The summed E-state index contributed by atoms with van der Waals surface area (Å²) < 4.78 is 5.64. The van der Waals surface area contributed by atoms with Gasteiger partial charge in [-0.2, -0.15) is 10.4 Å². The van der Waals surface area contributed by atoms with Crippen LogP contribution in [0.15, 0.2) is 24.4 Å². The molecule has 0 N–H and O–H groups in total. The summed E-state index contributed by atoms with van der Waals surface area (Å²) >= 11 is 0. The molecule has 21 heavy (non-hydrogen) atoms. The Kier molecular flexibility index (Phi) is 5.22. The molecule has 0 unspecified atom stereocenters. The van der Waals surface area contributed by atoms with E-state index in [0.29, 0.717) is 24.5 Å². The molecule has 0 saturated heterocycles. The highest BCUT2D eigenvalue weighted by molar-refractivity contribution is 5.46. The van der Waals surface area contributed by atoms with Crippen LogP contribution in [-0.4, -0.2) is 21.8 Å². The highest BCUT2D eigenvalue weighted by atomic mass is 16.5. The molecule has 0 radical (unpaired) electrons. The molecule has 0 spiro atoms. The summed E-state index contributed by atoms with van der Waals surface area (Å²) in [5.41, 5.74) is 3.25. The van der Waals surface area contributed by atoms with Gasteiger partial charge in [0.1, 0.15) is 11.6 Å². The Labute approximate surface area is 124 Å². The van der Waals surface area contributed by atoms with Gasteiger partial charge < -0.3 is 4.74 Å². The van der Waals surface area contributed by atoms with Crippen molar-refractivity contribution in [1.29, 1.82) is 5.26 Å². The largest absolute Gasteiger partial charge is 0.475 e. The average molecular weight is 282 g/mol. The highest BCUT2D eigenvalue weighted by Gasteiger charge is 2.15. The van der Waals surface area contributed by atoms with Gasteiger partial charge in [-0.15, -0.1) is 5.10 Å². The Morgan fingerprint density at radius 3 is 2.67 bits per heavy atom. The minimum absolute atomic E-state index is 0.322. The number of nitriles is 1. The van der Waals surface area contributed by atoms with Gasteiger partial charge in [-0.3, -0.25) is 4.98 Å². The third kappa shape index (κ3) is 3.54. The lowest BCUT2D eigenvalue weighted by Gasteiger charge is -2.11. The van der Waals surface area contributed by atoms with Gasteiger partial charge in [0, 0.05) is 18.3 Å². The van der Waals surface area contributed by atoms with Crippen LogP contribution in [0.4, 0.5) is 0 Å². The minimum atomic E-state index is 0.322. The predicted molar refractivity (Wildman–Crippen MR) is 78.9 cm³/mol. The second-order valence-electron chi connectivity index (χ2n) is 4.54. The lowest BCUT2D eigenvalue weighted by molar-refractivity contribution is 0.302. The van der Waals surface area contributed by atoms with E-state index in [4.69, 9.17) is 4.74 Å². The number of aromatic nitrogens is 3. The molecule has 0 aliphatic carbocycles. The smallest absolute Gasteiger partial charge is 0.251 e. The number of ether oxygens (including phenoxy) is 1. The first-order valence-electron chi connectivity index (χ1n) is 7.11. The molecule has 0 aliphatic rings. The molecule has 5 heteroatoms. The number of rotatable bonds is 6. The normalized spacial score (nSPS) is 10.1. The van der Waals surface area contributed by atoms with E-state index < -0.39 is 0 Å². The molecule has 0 saturated carbocycles. The Bertz CT molecular complexity index is 635. The maximum absolute atomic E-state index is 9.36. The predicted octanol–water partition coefficient (Wildman–Crippen LogP) is 2.49. The summed E-state index contributed by atoms with van der Waals surface area (Å²) in [4.78, 5) is 4.23. The van der Waals surface area contributed by atoms with Gasteiger partial charge in [0.25, 0.3) is 5.88 Å².